The summed E-state index contributed by atoms with van der Waals surface area (Å²) < 4.78 is 5.37. The zero-order valence-electron chi connectivity index (χ0n) is 11.4. The van der Waals surface area contributed by atoms with E-state index in [-0.39, 0.29) is 0 Å². The van der Waals surface area contributed by atoms with Gasteiger partial charge in [-0.3, -0.25) is 0 Å². The summed E-state index contributed by atoms with van der Waals surface area (Å²) in [6.07, 6.45) is 0. The fourth-order valence-corrected chi connectivity index (χ4v) is 1.83. The van der Waals surface area contributed by atoms with Gasteiger partial charge in [-0.25, -0.2) is 0 Å². The average molecular weight is 260 g/mol. The standard InChI is InChI=1S/C14H20N4O/c1-3-19-10-11(2)15-9-13-14(17-18-16-13)12-7-5-4-6-8-12/h4-8,11,15H,3,9-10H2,1-2H3,(H,16,17,18). The Kier molecular flexibility index (Phi) is 5.06. The van der Waals surface area contributed by atoms with Crippen molar-refractivity contribution in [2.75, 3.05) is 13.2 Å². The number of aromatic amines is 1. The third kappa shape index (κ3) is 3.87. The van der Waals surface area contributed by atoms with Gasteiger partial charge < -0.3 is 10.1 Å². The number of rotatable bonds is 7. The van der Waals surface area contributed by atoms with Gasteiger partial charge in [-0.2, -0.15) is 15.4 Å². The van der Waals surface area contributed by atoms with Crippen LogP contribution in [0.4, 0.5) is 0 Å². The first-order valence-corrected chi connectivity index (χ1v) is 6.57. The number of aromatic nitrogens is 3. The highest BCUT2D eigenvalue weighted by atomic mass is 16.5. The average Bonchev–Trinajstić information content (AvgIpc) is 2.92. The van der Waals surface area contributed by atoms with Gasteiger partial charge in [0.1, 0.15) is 11.4 Å². The lowest BCUT2D eigenvalue weighted by Crippen LogP contribution is -2.30. The quantitative estimate of drug-likeness (QED) is 0.799. The molecule has 102 valence electrons. The van der Waals surface area contributed by atoms with E-state index in [1.807, 2.05) is 37.3 Å². The number of ether oxygens (including phenoxy) is 1. The summed E-state index contributed by atoms with van der Waals surface area (Å²) in [4.78, 5) is 0. The Labute approximate surface area is 113 Å². The Morgan fingerprint density at radius 1 is 1.26 bits per heavy atom. The normalized spacial score (nSPS) is 12.5. The monoisotopic (exact) mass is 260 g/mol. The van der Waals surface area contributed by atoms with Crippen LogP contribution in [0.5, 0.6) is 0 Å². The molecule has 1 atom stereocenters. The molecule has 0 spiro atoms. The maximum atomic E-state index is 5.37. The van der Waals surface area contributed by atoms with E-state index in [9.17, 15) is 0 Å². The van der Waals surface area contributed by atoms with Crippen LogP contribution in [0.1, 0.15) is 19.5 Å². The van der Waals surface area contributed by atoms with Gasteiger partial charge in [0.15, 0.2) is 0 Å². The van der Waals surface area contributed by atoms with Gasteiger partial charge in [0.05, 0.1) is 6.61 Å². The van der Waals surface area contributed by atoms with Gasteiger partial charge in [0, 0.05) is 24.8 Å². The van der Waals surface area contributed by atoms with Crippen molar-refractivity contribution in [1.82, 2.24) is 20.7 Å². The summed E-state index contributed by atoms with van der Waals surface area (Å²) >= 11 is 0. The molecule has 1 unspecified atom stereocenters. The number of nitrogens with one attached hydrogen (secondary N) is 2. The van der Waals surface area contributed by atoms with E-state index < -0.39 is 0 Å². The van der Waals surface area contributed by atoms with Crippen LogP contribution >= 0.6 is 0 Å². The Balaban J connectivity index is 1.97. The maximum Gasteiger partial charge on any atom is 0.117 e. The summed E-state index contributed by atoms with van der Waals surface area (Å²) in [5.41, 5.74) is 2.90. The van der Waals surface area contributed by atoms with E-state index in [1.54, 1.807) is 0 Å². The molecule has 1 aromatic heterocycles. The molecule has 0 bridgehead atoms. The van der Waals surface area contributed by atoms with E-state index in [1.165, 1.54) is 0 Å². The molecule has 5 nitrogen and oxygen atoms in total. The third-order valence-corrected chi connectivity index (χ3v) is 2.86. The lowest BCUT2D eigenvalue weighted by atomic mass is 10.1. The molecule has 0 aliphatic carbocycles. The molecule has 0 aliphatic heterocycles. The number of hydrogen-bond acceptors (Lipinski definition) is 4. The van der Waals surface area contributed by atoms with Gasteiger partial charge in [0.25, 0.3) is 0 Å². The van der Waals surface area contributed by atoms with Crippen molar-refractivity contribution in [2.45, 2.75) is 26.4 Å². The summed E-state index contributed by atoms with van der Waals surface area (Å²) in [7, 11) is 0. The second-order valence-corrected chi connectivity index (χ2v) is 4.43. The fraction of sp³-hybridized carbons (Fsp3) is 0.429. The van der Waals surface area contributed by atoms with Crippen LogP contribution in [0, 0.1) is 0 Å². The minimum absolute atomic E-state index is 0.292. The molecule has 2 N–H and O–H groups in total. The molecule has 2 rings (SSSR count). The molecule has 0 radical (unpaired) electrons. The lowest BCUT2D eigenvalue weighted by Gasteiger charge is -2.12. The van der Waals surface area contributed by atoms with E-state index >= 15 is 0 Å². The van der Waals surface area contributed by atoms with Crippen molar-refractivity contribution >= 4 is 0 Å². The zero-order valence-corrected chi connectivity index (χ0v) is 11.4. The van der Waals surface area contributed by atoms with E-state index in [0.29, 0.717) is 19.2 Å². The Morgan fingerprint density at radius 2 is 2.05 bits per heavy atom. The Bertz CT molecular complexity index is 483. The number of nitrogens with zero attached hydrogens (tertiary/aromatic N) is 2. The Morgan fingerprint density at radius 3 is 2.79 bits per heavy atom. The predicted octanol–water partition coefficient (Wildman–Crippen LogP) is 1.99. The summed E-state index contributed by atoms with van der Waals surface area (Å²) in [5.74, 6) is 0. The van der Waals surface area contributed by atoms with E-state index in [4.69, 9.17) is 4.74 Å². The van der Waals surface area contributed by atoms with Crippen LogP contribution in [-0.2, 0) is 11.3 Å². The van der Waals surface area contributed by atoms with E-state index in [2.05, 4.69) is 27.7 Å². The molecule has 0 aliphatic rings. The molecule has 2 aromatic rings. The van der Waals surface area contributed by atoms with Crippen LogP contribution in [0.25, 0.3) is 11.3 Å². The van der Waals surface area contributed by atoms with Gasteiger partial charge in [-0.05, 0) is 13.8 Å². The van der Waals surface area contributed by atoms with Crippen molar-refractivity contribution in [3.8, 4) is 11.3 Å². The van der Waals surface area contributed by atoms with Gasteiger partial charge >= 0.3 is 0 Å². The molecule has 1 heterocycles. The van der Waals surface area contributed by atoms with Crippen LogP contribution < -0.4 is 5.32 Å². The van der Waals surface area contributed by atoms with E-state index in [0.717, 1.165) is 23.6 Å². The first-order valence-electron chi connectivity index (χ1n) is 6.57. The molecule has 0 saturated heterocycles. The molecular formula is C14H20N4O. The smallest absolute Gasteiger partial charge is 0.117 e. The second kappa shape index (κ2) is 7.01. The molecule has 0 fully saturated rings. The number of H-pyrrole nitrogens is 1. The molecule has 0 saturated carbocycles. The molecule has 1 aromatic carbocycles. The van der Waals surface area contributed by atoms with Crippen molar-refractivity contribution in [1.29, 1.82) is 0 Å². The summed E-state index contributed by atoms with van der Waals surface area (Å²) in [5, 5.41) is 14.5. The molecule has 5 heteroatoms. The molecule has 0 amide bonds. The van der Waals surface area contributed by atoms with Gasteiger partial charge in [-0.1, -0.05) is 30.3 Å². The van der Waals surface area contributed by atoms with Crippen LogP contribution in [0.15, 0.2) is 30.3 Å². The van der Waals surface area contributed by atoms with Crippen molar-refractivity contribution in [3.05, 3.63) is 36.0 Å². The van der Waals surface area contributed by atoms with Crippen molar-refractivity contribution in [3.63, 3.8) is 0 Å². The van der Waals surface area contributed by atoms with Crippen molar-refractivity contribution < 1.29 is 4.74 Å². The molecular weight excluding hydrogens is 240 g/mol. The third-order valence-electron chi connectivity index (χ3n) is 2.86. The number of benzene rings is 1. The minimum atomic E-state index is 0.292. The summed E-state index contributed by atoms with van der Waals surface area (Å²) in [6.45, 7) is 6.21. The largest absolute Gasteiger partial charge is 0.380 e. The first-order chi connectivity index (χ1) is 9.31. The SMILES string of the molecule is CCOCC(C)NCc1n[nH]nc1-c1ccccc1. The highest BCUT2D eigenvalue weighted by molar-refractivity contribution is 5.60. The topological polar surface area (TPSA) is 62.8 Å². The highest BCUT2D eigenvalue weighted by Crippen LogP contribution is 2.18. The summed E-state index contributed by atoms with van der Waals surface area (Å²) in [6, 6.07) is 10.3. The Hall–Kier alpha value is -1.72. The molecule has 19 heavy (non-hydrogen) atoms. The first kappa shape index (κ1) is 13.7. The fourth-order valence-electron chi connectivity index (χ4n) is 1.83. The highest BCUT2D eigenvalue weighted by Gasteiger charge is 2.10. The van der Waals surface area contributed by atoms with Crippen LogP contribution in [-0.4, -0.2) is 34.7 Å². The predicted molar refractivity (Wildman–Crippen MR) is 74.6 cm³/mol. The maximum absolute atomic E-state index is 5.37. The second-order valence-electron chi connectivity index (χ2n) is 4.43. The van der Waals surface area contributed by atoms with Gasteiger partial charge in [0.2, 0.25) is 0 Å². The minimum Gasteiger partial charge on any atom is -0.380 e. The van der Waals surface area contributed by atoms with Crippen LogP contribution in [0.2, 0.25) is 0 Å². The zero-order chi connectivity index (χ0) is 13.5. The van der Waals surface area contributed by atoms with Crippen molar-refractivity contribution in [2.24, 2.45) is 0 Å². The van der Waals surface area contributed by atoms with Gasteiger partial charge in [-0.15, -0.1) is 0 Å². The number of hydrogen-bond donors (Lipinski definition) is 2. The lowest BCUT2D eigenvalue weighted by molar-refractivity contribution is 0.127. The van der Waals surface area contributed by atoms with Crippen LogP contribution in [0.3, 0.4) is 0 Å².